The molecule has 1 aromatic carbocycles. The van der Waals surface area contributed by atoms with E-state index in [0.717, 1.165) is 44.6 Å². The highest BCUT2D eigenvalue weighted by molar-refractivity contribution is 5.79. The SMILES string of the molecule is C=C(O[C@H]1/C=C/C(C)[C@@H](/C(C)=C/c2cc(F)c3nnn([C@@H]4CCCOC4)c3c2)OC(=O)CC(O)CCC1C)N1CCN(C)CC1. The summed E-state index contributed by atoms with van der Waals surface area (Å²) < 4.78 is 35.0. The van der Waals surface area contributed by atoms with Crippen molar-refractivity contribution >= 4 is 23.1 Å². The van der Waals surface area contributed by atoms with Crippen LogP contribution in [0.2, 0.25) is 0 Å². The van der Waals surface area contributed by atoms with Crippen molar-refractivity contribution in [3.63, 3.8) is 0 Å². The number of carbonyl (C=O) groups is 1. The molecule has 10 nitrogen and oxygen atoms in total. The fourth-order valence-corrected chi connectivity index (χ4v) is 6.37. The molecule has 0 spiro atoms. The molecule has 2 aromatic rings. The van der Waals surface area contributed by atoms with Crippen LogP contribution < -0.4 is 0 Å². The second-order valence-electron chi connectivity index (χ2n) is 13.0. The number of hydrogen-bond donors (Lipinski definition) is 1. The Balaban J connectivity index is 1.40. The van der Waals surface area contributed by atoms with Crippen LogP contribution in [0.25, 0.3) is 17.1 Å². The van der Waals surface area contributed by atoms with Gasteiger partial charge in [0.2, 0.25) is 0 Å². The van der Waals surface area contributed by atoms with Crippen LogP contribution in [0.4, 0.5) is 4.39 Å². The molecule has 0 aliphatic carbocycles. The number of benzene rings is 1. The zero-order chi connectivity index (χ0) is 32.1. The van der Waals surface area contributed by atoms with E-state index >= 15 is 4.39 Å². The molecule has 3 aliphatic rings. The van der Waals surface area contributed by atoms with Crippen molar-refractivity contribution in [2.24, 2.45) is 11.8 Å². The first-order chi connectivity index (χ1) is 21.6. The van der Waals surface area contributed by atoms with E-state index in [1.807, 2.05) is 38.1 Å². The maximum absolute atomic E-state index is 15.2. The Hall–Kier alpha value is -3.28. The van der Waals surface area contributed by atoms with E-state index in [1.165, 1.54) is 6.07 Å². The summed E-state index contributed by atoms with van der Waals surface area (Å²) in [5.74, 6) is -0.422. The molecule has 45 heavy (non-hydrogen) atoms. The van der Waals surface area contributed by atoms with E-state index in [0.29, 0.717) is 43.0 Å². The number of piperazine rings is 1. The highest BCUT2D eigenvalue weighted by Gasteiger charge is 2.28. The van der Waals surface area contributed by atoms with Gasteiger partial charge in [0, 0.05) is 38.7 Å². The summed E-state index contributed by atoms with van der Waals surface area (Å²) in [4.78, 5) is 17.4. The monoisotopic (exact) mass is 625 g/mol. The average Bonchev–Trinajstić information content (AvgIpc) is 3.45. The van der Waals surface area contributed by atoms with E-state index in [4.69, 9.17) is 14.2 Å². The molecular formula is C34H48FN5O5. The quantitative estimate of drug-likeness (QED) is 0.278. The van der Waals surface area contributed by atoms with Crippen LogP contribution in [-0.4, -0.2) is 101 Å². The molecule has 1 N–H and O–H groups in total. The van der Waals surface area contributed by atoms with Gasteiger partial charge in [-0.1, -0.05) is 31.2 Å². The van der Waals surface area contributed by atoms with Gasteiger partial charge in [-0.2, -0.15) is 0 Å². The topological polar surface area (TPSA) is 102 Å². The number of ether oxygens (including phenoxy) is 3. The number of fused-ring (bicyclic) bond motifs is 1. The highest BCUT2D eigenvalue weighted by Crippen LogP contribution is 2.29. The summed E-state index contributed by atoms with van der Waals surface area (Å²) in [6.45, 7) is 15.0. The molecule has 4 heterocycles. The predicted molar refractivity (Wildman–Crippen MR) is 171 cm³/mol. The number of halogens is 1. The van der Waals surface area contributed by atoms with Gasteiger partial charge < -0.3 is 29.1 Å². The number of cyclic esters (lactones) is 1. The van der Waals surface area contributed by atoms with Crippen molar-refractivity contribution in [3.8, 4) is 0 Å². The van der Waals surface area contributed by atoms with Gasteiger partial charge in [-0.15, -0.1) is 5.10 Å². The molecule has 0 radical (unpaired) electrons. The van der Waals surface area contributed by atoms with Crippen LogP contribution in [0.1, 0.15) is 64.5 Å². The highest BCUT2D eigenvalue weighted by atomic mass is 19.1. The van der Waals surface area contributed by atoms with Gasteiger partial charge in [0.1, 0.15) is 17.7 Å². The van der Waals surface area contributed by atoms with Crippen molar-refractivity contribution in [1.29, 1.82) is 0 Å². The van der Waals surface area contributed by atoms with Crippen LogP contribution in [0.3, 0.4) is 0 Å². The number of hydrogen-bond acceptors (Lipinski definition) is 9. The predicted octanol–water partition coefficient (Wildman–Crippen LogP) is 4.71. The van der Waals surface area contributed by atoms with E-state index in [9.17, 15) is 9.90 Å². The lowest BCUT2D eigenvalue weighted by atomic mass is 9.91. The molecule has 246 valence electrons. The number of rotatable bonds is 6. The van der Waals surface area contributed by atoms with Gasteiger partial charge >= 0.3 is 5.97 Å². The molecular weight excluding hydrogens is 577 g/mol. The Kier molecular flexibility index (Phi) is 10.9. The summed E-state index contributed by atoms with van der Waals surface area (Å²) in [5, 5.41) is 19.0. The van der Waals surface area contributed by atoms with Gasteiger partial charge in [0.15, 0.2) is 11.7 Å². The molecule has 0 saturated carbocycles. The smallest absolute Gasteiger partial charge is 0.309 e. The third kappa shape index (κ3) is 8.31. The van der Waals surface area contributed by atoms with Crippen molar-refractivity contribution in [1.82, 2.24) is 24.8 Å². The molecule has 6 atom stereocenters. The third-order valence-electron chi connectivity index (χ3n) is 9.27. The Morgan fingerprint density at radius 3 is 2.67 bits per heavy atom. The Bertz CT molecular complexity index is 1390. The lowest BCUT2D eigenvalue weighted by Crippen LogP contribution is -2.44. The normalized spacial score (nSPS) is 30.3. The van der Waals surface area contributed by atoms with Gasteiger partial charge in [0.05, 0.1) is 30.7 Å². The van der Waals surface area contributed by atoms with E-state index in [1.54, 1.807) is 4.68 Å². The van der Waals surface area contributed by atoms with Gasteiger partial charge in [-0.25, -0.2) is 9.07 Å². The Labute approximate surface area is 265 Å². The summed E-state index contributed by atoms with van der Waals surface area (Å²) in [6, 6.07) is 3.30. The summed E-state index contributed by atoms with van der Waals surface area (Å²) >= 11 is 0. The second-order valence-corrected chi connectivity index (χ2v) is 13.0. The van der Waals surface area contributed by atoms with Gasteiger partial charge in [0.25, 0.3) is 0 Å². The maximum atomic E-state index is 15.2. The minimum atomic E-state index is -0.821. The minimum absolute atomic E-state index is 0.00258. The molecule has 0 amide bonds. The molecule has 5 rings (SSSR count). The first kappa shape index (κ1) is 33.1. The van der Waals surface area contributed by atoms with Crippen molar-refractivity contribution in [2.75, 3.05) is 46.4 Å². The van der Waals surface area contributed by atoms with Crippen molar-refractivity contribution in [2.45, 2.75) is 77.2 Å². The van der Waals surface area contributed by atoms with E-state index in [2.05, 4.69) is 40.7 Å². The van der Waals surface area contributed by atoms with Crippen LogP contribution in [0, 0.1) is 17.7 Å². The lowest BCUT2D eigenvalue weighted by molar-refractivity contribution is -0.151. The number of aliphatic hydroxyl groups is 1. The van der Waals surface area contributed by atoms with Crippen molar-refractivity contribution < 1.29 is 28.5 Å². The largest absolute Gasteiger partial charge is 0.472 e. The molecule has 3 unspecified atom stereocenters. The summed E-state index contributed by atoms with van der Waals surface area (Å²) in [6.07, 6.45) is 7.01. The lowest BCUT2D eigenvalue weighted by Gasteiger charge is -2.36. The Morgan fingerprint density at radius 2 is 1.93 bits per heavy atom. The first-order valence-electron chi connectivity index (χ1n) is 16.2. The molecule has 0 bridgehead atoms. The summed E-state index contributed by atoms with van der Waals surface area (Å²) in [7, 11) is 2.11. The maximum Gasteiger partial charge on any atom is 0.309 e. The standard InChI is InChI=1S/C34H48FN5O5/c1-22-8-10-28(41)20-32(42)45-34(23(2)9-11-31(22)44-25(4)39-14-12-38(5)13-15-39)24(3)17-26-18-29(35)33-30(19-26)40(37-36-33)27-7-6-16-43-21-27/h9,11,17-19,22-23,27-28,31,34,41H,4,6-8,10,12-16,20-21H2,1-3,5H3/b11-9+,24-17+/t22?,23?,27-,28?,31+,34+/m1/s1. The molecule has 11 heteroatoms. The number of nitrogens with zero attached hydrogens (tertiary/aromatic N) is 5. The summed E-state index contributed by atoms with van der Waals surface area (Å²) in [5.41, 5.74) is 2.19. The third-order valence-corrected chi connectivity index (χ3v) is 9.27. The number of carbonyl (C=O) groups excluding carboxylic acids is 1. The minimum Gasteiger partial charge on any atom is -0.472 e. The fourth-order valence-electron chi connectivity index (χ4n) is 6.37. The number of aromatic nitrogens is 3. The second kappa shape index (κ2) is 14.9. The molecule has 1 aromatic heterocycles. The van der Waals surface area contributed by atoms with Gasteiger partial charge in [-0.3, -0.25) is 4.79 Å². The van der Waals surface area contributed by atoms with E-state index in [-0.39, 0.29) is 35.9 Å². The number of likely N-dealkylation sites (N-methyl/N-ethyl adjacent to an activating group) is 1. The fraction of sp³-hybridized carbons (Fsp3) is 0.618. The number of aliphatic hydroxyl groups excluding tert-OH is 1. The van der Waals surface area contributed by atoms with Crippen LogP contribution in [-0.2, 0) is 19.0 Å². The van der Waals surface area contributed by atoms with Crippen LogP contribution in [0.15, 0.2) is 42.3 Å². The van der Waals surface area contributed by atoms with Gasteiger partial charge in [-0.05, 0) is 81.5 Å². The molecule has 3 aliphatic heterocycles. The van der Waals surface area contributed by atoms with Crippen molar-refractivity contribution in [3.05, 3.63) is 53.7 Å². The zero-order valence-electron chi connectivity index (χ0n) is 27.0. The van der Waals surface area contributed by atoms with E-state index < -0.39 is 24.0 Å². The Morgan fingerprint density at radius 1 is 1.16 bits per heavy atom. The first-order valence-corrected chi connectivity index (χ1v) is 16.2. The average molecular weight is 626 g/mol. The van der Waals surface area contributed by atoms with Crippen LogP contribution >= 0.6 is 0 Å². The molecule has 2 saturated heterocycles. The zero-order valence-corrected chi connectivity index (χ0v) is 27.0. The number of esters is 1. The molecule has 2 fully saturated rings. The van der Waals surface area contributed by atoms with Crippen LogP contribution in [0.5, 0.6) is 0 Å².